The van der Waals surface area contributed by atoms with Gasteiger partial charge in [-0.05, 0) is 30.3 Å². The lowest BCUT2D eigenvalue weighted by Gasteiger charge is -2.10. The molecule has 0 aliphatic heterocycles. The van der Waals surface area contributed by atoms with E-state index in [-0.39, 0.29) is 31.8 Å². The minimum atomic E-state index is -0.212. The molecule has 1 amide bonds. The van der Waals surface area contributed by atoms with E-state index in [1.807, 2.05) is 0 Å². The molecular formula is C14H8Cl5NOS. The van der Waals surface area contributed by atoms with Crippen molar-refractivity contribution in [1.82, 2.24) is 0 Å². The van der Waals surface area contributed by atoms with Gasteiger partial charge in [-0.3, -0.25) is 4.79 Å². The number of rotatable bonds is 4. The van der Waals surface area contributed by atoms with Gasteiger partial charge in [0.2, 0.25) is 5.91 Å². The number of thioether (sulfide) groups is 1. The summed E-state index contributed by atoms with van der Waals surface area (Å²) in [4.78, 5) is 12.4. The topological polar surface area (TPSA) is 29.1 Å². The number of carbonyl (C=O) groups is 1. The van der Waals surface area contributed by atoms with Crippen LogP contribution in [0, 0.1) is 0 Å². The second-order valence-corrected chi connectivity index (χ2v) is 7.13. The molecule has 2 rings (SSSR count). The third-order valence-electron chi connectivity index (χ3n) is 2.55. The summed E-state index contributed by atoms with van der Waals surface area (Å²) in [5.74, 6) is -0.103. The lowest BCUT2D eigenvalue weighted by molar-refractivity contribution is -0.113. The number of nitrogens with one attached hydrogen (secondary N) is 1. The average molecular weight is 416 g/mol. The molecular weight excluding hydrogens is 407 g/mol. The van der Waals surface area contributed by atoms with E-state index in [1.54, 1.807) is 24.3 Å². The Bertz CT molecular complexity index is 679. The van der Waals surface area contributed by atoms with Crippen LogP contribution < -0.4 is 5.32 Å². The van der Waals surface area contributed by atoms with E-state index < -0.39 is 0 Å². The van der Waals surface area contributed by atoms with Crippen LogP contribution in [0.1, 0.15) is 0 Å². The Labute approximate surface area is 157 Å². The normalized spacial score (nSPS) is 10.6. The number of hydrogen-bond donors (Lipinski definition) is 1. The lowest BCUT2D eigenvalue weighted by Crippen LogP contribution is -2.13. The molecule has 0 aromatic heterocycles. The molecule has 0 saturated carbocycles. The zero-order valence-electron chi connectivity index (χ0n) is 10.8. The molecule has 116 valence electrons. The molecule has 0 fully saturated rings. The van der Waals surface area contributed by atoms with Crippen LogP contribution in [-0.2, 0) is 4.79 Å². The van der Waals surface area contributed by atoms with Gasteiger partial charge < -0.3 is 5.32 Å². The third-order valence-corrected chi connectivity index (χ3v) is 5.70. The maximum absolute atomic E-state index is 11.9. The van der Waals surface area contributed by atoms with Crippen molar-refractivity contribution in [3.05, 3.63) is 55.4 Å². The van der Waals surface area contributed by atoms with Gasteiger partial charge in [0.15, 0.2) is 0 Å². The van der Waals surface area contributed by atoms with Crippen LogP contribution in [0.4, 0.5) is 5.69 Å². The predicted molar refractivity (Wildman–Crippen MR) is 97.3 cm³/mol. The van der Waals surface area contributed by atoms with Crippen molar-refractivity contribution in [3.8, 4) is 0 Å². The molecule has 0 heterocycles. The first kappa shape index (κ1) is 18.1. The van der Waals surface area contributed by atoms with Crippen LogP contribution >= 0.6 is 69.8 Å². The molecule has 0 aliphatic carbocycles. The SMILES string of the molecule is O=C(CSc1c(Cl)c(Cl)cc(Cl)c1Cl)Nc1ccc(Cl)cc1. The Kier molecular flexibility index (Phi) is 6.57. The fraction of sp³-hybridized carbons (Fsp3) is 0.0714. The molecule has 8 heteroatoms. The number of hydrogen-bond acceptors (Lipinski definition) is 2. The number of amides is 1. The molecule has 0 atom stereocenters. The maximum atomic E-state index is 11.9. The zero-order valence-corrected chi connectivity index (χ0v) is 15.4. The lowest BCUT2D eigenvalue weighted by atomic mass is 10.3. The molecule has 0 unspecified atom stereocenters. The molecule has 2 nitrogen and oxygen atoms in total. The first-order valence-electron chi connectivity index (χ1n) is 5.89. The summed E-state index contributed by atoms with van der Waals surface area (Å²) in [6, 6.07) is 8.26. The highest BCUT2D eigenvalue weighted by Gasteiger charge is 2.16. The average Bonchev–Trinajstić information content (AvgIpc) is 2.47. The van der Waals surface area contributed by atoms with Gasteiger partial charge in [0.25, 0.3) is 0 Å². The zero-order chi connectivity index (χ0) is 16.3. The van der Waals surface area contributed by atoms with E-state index in [1.165, 1.54) is 6.07 Å². The van der Waals surface area contributed by atoms with Crippen molar-refractivity contribution < 1.29 is 4.79 Å². The number of anilines is 1. The second-order valence-electron chi connectivity index (χ2n) is 4.14. The van der Waals surface area contributed by atoms with Crippen LogP contribution in [0.25, 0.3) is 0 Å². The quantitative estimate of drug-likeness (QED) is 0.445. The van der Waals surface area contributed by atoms with E-state index in [0.29, 0.717) is 15.6 Å². The Morgan fingerprint density at radius 1 is 0.955 bits per heavy atom. The molecule has 2 aromatic carbocycles. The van der Waals surface area contributed by atoms with Gasteiger partial charge in [0.05, 0.1) is 25.8 Å². The van der Waals surface area contributed by atoms with Crippen LogP contribution in [-0.4, -0.2) is 11.7 Å². The van der Waals surface area contributed by atoms with Gasteiger partial charge >= 0.3 is 0 Å². The number of carbonyl (C=O) groups excluding carboxylic acids is 1. The Morgan fingerprint density at radius 2 is 1.50 bits per heavy atom. The van der Waals surface area contributed by atoms with Gasteiger partial charge in [-0.1, -0.05) is 58.0 Å². The Morgan fingerprint density at radius 3 is 2.05 bits per heavy atom. The molecule has 0 radical (unpaired) electrons. The third kappa shape index (κ3) is 4.60. The van der Waals surface area contributed by atoms with E-state index >= 15 is 0 Å². The molecule has 0 aliphatic rings. The molecule has 0 spiro atoms. The Hall–Kier alpha value is -0.290. The fourth-order valence-corrected chi connectivity index (χ4v) is 3.74. The van der Waals surface area contributed by atoms with Gasteiger partial charge in [-0.2, -0.15) is 0 Å². The largest absolute Gasteiger partial charge is 0.325 e. The van der Waals surface area contributed by atoms with Crippen molar-refractivity contribution in [3.63, 3.8) is 0 Å². The van der Waals surface area contributed by atoms with E-state index in [4.69, 9.17) is 58.0 Å². The van der Waals surface area contributed by atoms with E-state index in [9.17, 15) is 4.79 Å². The van der Waals surface area contributed by atoms with Crippen molar-refractivity contribution in [1.29, 1.82) is 0 Å². The van der Waals surface area contributed by atoms with Gasteiger partial charge in [0, 0.05) is 15.6 Å². The number of benzene rings is 2. The monoisotopic (exact) mass is 413 g/mol. The molecule has 0 saturated heterocycles. The highest BCUT2D eigenvalue weighted by molar-refractivity contribution is 8.00. The highest BCUT2D eigenvalue weighted by atomic mass is 35.5. The summed E-state index contributed by atoms with van der Waals surface area (Å²) in [5, 5.41) is 4.47. The standard InChI is InChI=1S/C14H8Cl5NOS/c15-7-1-3-8(4-2-7)20-11(21)6-22-14-12(18)9(16)5-10(17)13(14)19/h1-5H,6H2,(H,20,21). The van der Waals surface area contributed by atoms with Crippen molar-refractivity contribution >= 4 is 81.4 Å². The maximum Gasteiger partial charge on any atom is 0.234 e. The van der Waals surface area contributed by atoms with E-state index in [2.05, 4.69) is 5.32 Å². The van der Waals surface area contributed by atoms with Gasteiger partial charge in [0.1, 0.15) is 0 Å². The summed E-state index contributed by atoms with van der Waals surface area (Å²) in [6.07, 6.45) is 0. The fourth-order valence-electron chi connectivity index (χ4n) is 1.55. The van der Waals surface area contributed by atoms with E-state index in [0.717, 1.165) is 11.8 Å². The first-order chi connectivity index (χ1) is 10.4. The Balaban J connectivity index is 2.04. The number of halogens is 5. The summed E-state index contributed by atoms with van der Waals surface area (Å²) in [7, 11) is 0. The molecule has 0 bridgehead atoms. The minimum absolute atomic E-state index is 0.110. The van der Waals surface area contributed by atoms with Crippen molar-refractivity contribution in [2.45, 2.75) is 4.90 Å². The van der Waals surface area contributed by atoms with Crippen molar-refractivity contribution in [2.75, 3.05) is 11.1 Å². The summed E-state index contributed by atoms with van der Waals surface area (Å²) in [5.41, 5.74) is 0.649. The summed E-state index contributed by atoms with van der Waals surface area (Å²) in [6.45, 7) is 0. The minimum Gasteiger partial charge on any atom is -0.325 e. The van der Waals surface area contributed by atoms with Crippen molar-refractivity contribution in [2.24, 2.45) is 0 Å². The molecule has 22 heavy (non-hydrogen) atoms. The van der Waals surface area contributed by atoms with Crippen LogP contribution in [0.5, 0.6) is 0 Å². The predicted octanol–water partition coefficient (Wildman–Crippen LogP) is 6.68. The van der Waals surface area contributed by atoms with Gasteiger partial charge in [-0.15, -0.1) is 11.8 Å². The highest BCUT2D eigenvalue weighted by Crippen LogP contribution is 2.42. The summed E-state index contributed by atoms with van der Waals surface area (Å²) >= 11 is 31.0. The molecule has 2 aromatic rings. The second kappa shape index (κ2) is 8.00. The molecule has 1 N–H and O–H groups in total. The first-order valence-corrected chi connectivity index (χ1v) is 8.77. The van der Waals surface area contributed by atoms with Crippen LogP contribution in [0.2, 0.25) is 25.1 Å². The smallest absolute Gasteiger partial charge is 0.234 e. The summed E-state index contributed by atoms with van der Waals surface area (Å²) < 4.78 is 0. The van der Waals surface area contributed by atoms with Gasteiger partial charge in [-0.25, -0.2) is 0 Å². The van der Waals surface area contributed by atoms with Crippen LogP contribution in [0.15, 0.2) is 35.2 Å². The van der Waals surface area contributed by atoms with Crippen LogP contribution in [0.3, 0.4) is 0 Å².